The summed E-state index contributed by atoms with van der Waals surface area (Å²) in [5.41, 5.74) is 3.79. The zero-order chi connectivity index (χ0) is 11.4. The van der Waals surface area contributed by atoms with Crippen molar-refractivity contribution in [3.05, 3.63) is 23.5 Å². The Morgan fingerprint density at radius 1 is 1.69 bits per heavy atom. The number of rotatable bonds is 6. The number of aromatic nitrogens is 2. The molecule has 2 aromatic heterocycles. The minimum absolute atomic E-state index is 0.115. The van der Waals surface area contributed by atoms with E-state index in [1.165, 1.54) is 0 Å². The highest BCUT2D eigenvalue weighted by Gasteiger charge is 2.10. The second kappa shape index (κ2) is 5.40. The molecule has 0 bridgehead atoms. The Bertz CT molecular complexity index is 410. The average molecular weight is 240 g/mol. The number of nitrogens with one attached hydrogen (secondary N) is 1. The fourth-order valence-electron chi connectivity index (χ4n) is 1.55. The summed E-state index contributed by atoms with van der Waals surface area (Å²) < 4.78 is 7.36. The van der Waals surface area contributed by atoms with E-state index in [9.17, 15) is 0 Å². The van der Waals surface area contributed by atoms with Crippen LogP contribution in [0.4, 0.5) is 0 Å². The van der Waals surface area contributed by atoms with Crippen molar-refractivity contribution in [3.8, 4) is 0 Å². The van der Waals surface area contributed by atoms with Crippen LogP contribution in [0.15, 0.2) is 17.8 Å². The Labute approximate surface area is 98.2 Å². The van der Waals surface area contributed by atoms with Gasteiger partial charge < -0.3 is 4.74 Å². The van der Waals surface area contributed by atoms with E-state index in [4.69, 9.17) is 10.6 Å². The van der Waals surface area contributed by atoms with E-state index in [1.807, 2.05) is 29.1 Å². The van der Waals surface area contributed by atoms with Crippen LogP contribution >= 0.6 is 11.3 Å². The number of fused-ring (bicyclic) bond motifs is 1. The number of nitrogens with two attached hydrogens (primary N) is 1. The third kappa shape index (κ3) is 2.59. The molecule has 0 aliphatic carbocycles. The summed E-state index contributed by atoms with van der Waals surface area (Å²) >= 11 is 1.63. The number of hydrazine groups is 1. The quantitative estimate of drug-likeness (QED) is 0.579. The van der Waals surface area contributed by atoms with Gasteiger partial charge in [0.05, 0.1) is 18.3 Å². The maximum absolute atomic E-state index is 5.47. The van der Waals surface area contributed by atoms with Gasteiger partial charge in [0.1, 0.15) is 0 Å². The van der Waals surface area contributed by atoms with Gasteiger partial charge >= 0.3 is 0 Å². The Balaban J connectivity index is 1.99. The fraction of sp³-hybridized carbons (Fsp3) is 0.500. The first-order valence-electron chi connectivity index (χ1n) is 5.28. The van der Waals surface area contributed by atoms with Crippen LogP contribution in [0.25, 0.3) is 4.96 Å². The van der Waals surface area contributed by atoms with Crippen LogP contribution in [0.3, 0.4) is 0 Å². The highest BCUT2D eigenvalue weighted by Crippen LogP contribution is 2.12. The third-order valence-electron chi connectivity index (χ3n) is 2.36. The molecule has 3 N–H and O–H groups in total. The molecule has 0 saturated heterocycles. The van der Waals surface area contributed by atoms with Crippen molar-refractivity contribution in [3.63, 3.8) is 0 Å². The van der Waals surface area contributed by atoms with Gasteiger partial charge in [0.25, 0.3) is 0 Å². The molecular weight excluding hydrogens is 224 g/mol. The van der Waals surface area contributed by atoms with Crippen molar-refractivity contribution in [2.45, 2.75) is 19.4 Å². The Morgan fingerprint density at radius 3 is 3.25 bits per heavy atom. The van der Waals surface area contributed by atoms with E-state index in [-0.39, 0.29) is 6.04 Å². The summed E-state index contributed by atoms with van der Waals surface area (Å²) in [7, 11) is 0. The van der Waals surface area contributed by atoms with Gasteiger partial charge in [0.2, 0.25) is 0 Å². The topological polar surface area (TPSA) is 64.6 Å². The van der Waals surface area contributed by atoms with Crippen LogP contribution in [0.1, 0.15) is 12.6 Å². The number of hydrogen-bond donors (Lipinski definition) is 2. The van der Waals surface area contributed by atoms with Gasteiger partial charge in [-0.25, -0.2) is 4.98 Å². The zero-order valence-corrected chi connectivity index (χ0v) is 10.0. The first-order chi connectivity index (χ1) is 7.83. The highest BCUT2D eigenvalue weighted by atomic mass is 32.1. The molecule has 16 heavy (non-hydrogen) atoms. The Hall–Kier alpha value is -0.950. The predicted octanol–water partition coefficient (Wildman–Crippen LogP) is 0.807. The molecule has 2 aromatic rings. The summed E-state index contributed by atoms with van der Waals surface area (Å²) in [6.07, 6.45) is 4.82. The van der Waals surface area contributed by atoms with Crippen molar-refractivity contribution in [1.82, 2.24) is 14.8 Å². The molecule has 5 nitrogen and oxygen atoms in total. The largest absolute Gasteiger partial charge is 0.380 e. The van der Waals surface area contributed by atoms with E-state index in [2.05, 4.69) is 10.4 Å². The summed E-state index contributed by atoms with van der Waals surface area (Å²) in [6, 6.07) is 0.115. The number of thiazole rings is 1. The predicted molar refractivity (Wildman–Crippen MR) is 64.4 cm³/mol. The summed E-state index contributed by atoms with van der Waals surface area (Å²) in [6.45, 7) is 3.29. The minimum atomic E-state index is 0.115. The molecule has 6 heteroatoms. The second-order valence-corrected chi connectivity index (χ2v) is 4.43. The van der Waals surface area contributed by atoms with Crippen LogP contribution < -0.4 is 11.3 Å². The van der Waals surface area contributed by atoms with Gasteiger partial charge in [-0.1, -0.05) is 0 Å². The first kappa shape index (κ1) is 11.5. The molecule has 0 saturated carbocycles. The SMILES string of the molecule is CCOCC(Cc1cn2ccsc2n1)NN. The first-order valence-corrected chi connectivity index (χ1v) is 6.16. The molecule has 2 rings (SSSR count). The van der Waals surface area contributed by atoms with E-state index in [1.54, 1.807) is 11.3 Å². The molecular formula is C10H16N4OS. The molecule has 2 heterocycles. The van der Waals surface area contributed by atoms with Crippen molar-refractivity contribution in [1.29, 1.82) is 0 Å². The van der Waals surface area contributed by atoms with Gasteiger partial charge in [0.15, 0.2) is 4.96 Å². The van der Waals surface area contributed by atoms with Gasteiger partial charge in [-0.2, -0.15) is 0 Å². The molecule has 0 aliphatic heterocycles. The van der Waals surface area contributed by atoms with E-state index in [0.29, 0.717) is 13.2 Å². The Morgan fingerprint density at radius 2 is 2.56 bits per heavy atom. The monoisotopic (exact) mass is 240 g/mol. The van der Waals surface area contributed by atoms with Gasteiger partial charge in [-0.15, -0.1) is 11.3 Å². The molecule has 0 amide bonds. The highest BCUT2D eigenvalue weighted by molar-refractivity contribution is 7.15. The van der Waals surface area contributed by atoms with E-state index < -0.39 is 0 Å². The van der Waals surface area contributed by atoms with Crippen LogP contribution in [-0.4, -0.2) is 28.6 Å². The lowest BCUT2D eigenvalue weighted by molar-refractivity contribution is 0.122. The van der Waals surface area contributed by atoms with Crippen molar-refractivity contribution < 1.29 is 4.74 Å². The smallest absolute Gasteiger partial charge is 0.193 e. The number of hydrogen-bond acceptors (Lipinski definition) is 5. The maximum atomic E-state index is 5.47. The minimum Gasteiger partial charge on any atom is -0.380 e. The number of nitrogens with zero attached hydrogens (tertiary/aromatic N) is 2. The fourth-order valence-corrected chi connectivity index (χ4v) is 2.27. The number of ether oxygens (including phenoxy) is 1. The standard InChI is InChI=1S/C10H16N4OS/c1-2-15-7-9(13-11)5-8-6-14-3-4-16-10(14)12-8/h3-4,6,9,13H,2,5,7,11H2,1H3. The average Bonchev–Trinajstić information content (AvgIpc) is 2.84. The Kier molecular flexibility index (Phi) is 3.89. The molecule has 0 spiro atoms. The van der Waals surface area contributed by atoms with Crippen LogP contribution in [0, 0.1) is 0 Å². The van der Waals surface area contributed by atoms with Crippen LogP contribution in [-0.2, 0) is 11.2 Å². The normalized spacial score (nSPS) is 13.4. The third-order valence-corrected chi connectivity index (χ3v) is 3.13. The molecule has 1 unspecified atom stereocenters. The van der Waals surface area contributed by atoms with Crippen LogP contribution in [0.2, 0.25) is 0 Å². The lowest BCUT2D eigenvalue weighted by Crippen LogP contribution is -2.40. The van der Waals surface area contributed by atoms with E-state index in [0.717, 1.165) is 17.1 Å². The van der Waals surface area contributed by atoms with Crippen LogP contribution in [0.5, 0.6) is 0 Å². The summed E-state index contributed by atoms with van der Waals surface area (Å²) in [5, 5.41) is 2.02. The van der Waals surface area contributed by atoms with Crippen molar-refractivity contribution in [2.24, 2.45) is 5.84 Å². The summed E-state index contributed by atoms with van der Waals surface area (Å²) in [5.74, 6) is 5.47. The second-order valence-electron chi connectivity index (χ2n) is 3.55. The lowest BCUT2D eigenvalue weighted by Gasteiger charge is -2.13. The van der Waals surface area contributed by atoms with Gasteiger partial charge in [-0.05, 0) is 6.92 Å². The summed E-state index contributed by atoms with van der Waals surface area (Å²) in [4.78, 5) is 5.51. The lowest BCUT2D eigenvalue weighted by atomic mass is 10.2. The van der Waals surface area contributed by atoms with E-state index >= 15 is 0 Å². The maximum Gasteiger partial charge on any atom is 0.193 e. The molecule has 0 aromatic carbocycles. The van der Waals surface area contributed by atoms with Crippen molar-refractivity contribution in [2.75, 3.05) is 13.2 Å². The van der Waals surface area contributed by atoms with Gasteiger partial charge in [0, 0.05) is 30.8 Å². The molecule has 0 aliphatic rings. The van der Waals surface area contributed by atoms with Gasteiger partial charge in [-0.3, -0.25) is 15.7 Å². The molecule has 0 fully saturated rings. The molecule has 1 atom stereocenters. The van der Waals surface area contributed by atoms with Crippen molar-refractivity contribution >= 4 is 16.3 Å². The molecule has 0 radical (unpaired) electrons. The molecule has 88 valence electrons. The zero-order valence-electron chi connectivity index (χ0n) is 9.22. The number of imidazole rings is 1.